The van der Waals surface area contributed by atoms with Crippen molar-refractivity contribution >= 4 is 62.8 Å². The van der Waals surface area contributed by atoms with E-state index >= 15 is 0 Å². The maximum absolute atomic E-state index is 12.8. The maximum atomic E-state index is 12.8. The molecule has 35 heavy (non-hydrogen) atoms. The molecule has 2 unspecified atom stereocenters. The third kappa shape index (κ3) is 6.03. The van der Waals surface area contributed by atoms with Gasteiger partial charge in [0.25, 0.3) is 16.0 Å². The van der Waals surface area contributed by atoms with Gasteiger partial charge in [0.05, 0.1) is 6.42 Å². The zero-order chi connectivity index (χ0) is 25.3. The van der Waals surface area contributed by atoms with Crippen LogP contribution in [0.1, 0.15) is 16.1 Å². The predicted octanol–water partition coefficient (Wildman–Crippen LogP) is 1.31. The quantitative estimate of drug-likeness (QED) is 0.231. The highest BCUT2D eigenvalue weighted by atomic mass is 32.2. The van der Waals surface area contributed by atoms with E-state index in [9.17, 15) is 27.9 Å². The second-order valence-electron chi connectivity index (χ2n) is 7.81. The van der Waals surface area contributed by atoms with E-state index in [0.29, 0.717) is 28.2 Å². The molecule has 15 heteroatoms. The van der Waals surface area contributed by atoms with Crippen LogP contribution >= 0.6 is 34.9 Å². The number of nitrogens with one attached hydrogen (secondary N) is 1. The van der Waals surface area contributed by atoms with Crippen LogP contribution in [0.3, 0.4) is 0 Å². The van der Waals surface area contributed by atoms with Crippen molar-refractivity contribution in [3.8, 4) is 0 Å². The highest BCUT2D eigenvalue weighted by Gasteiger charge is 2.54. The van der Waals surface area contributed by atoms with Gasteiger partial charge in [0, 0.05) is 11.5 Å². The Morgan fingerprint density at radius 2 is 1.91 bits per heavy atom. The highest BCUT2D eigenvalue weighted by molar-refractivity contribution is 8.01. The first-order chi connectivity index (χ1) is 16.5. The summed E-state index contributed by atoms with van der Waals surface area (Å²) in [5.74, 6) is -1.84. The van der Waals surface area contributed by atoms with Gasteiger partial charge in [0.1, 0.15) is 27.9 Å². The van der Waals surface area contributed by atoms with Crippen molar-refractivity contribution in [1.29, 1.82) is 0 Å². The molecular weight excluding hydrogens is 537 g/mol. The SMILES string of the molecule is Cc1nnc(SCC2=C(C(=O)O)N3C(=O)C(NC(=O)Cc4ccc(CS(=O)(=O)O)cc4)C3SC2)s1. The van der Waals surface area contributed by atoms with Crippen LogP contribution in [-0.4, -0.2) is 73.9 Å². The molecule has 186 valence electrons. The normalized spacial score (nSPS) is 19.8. The Kier molecular flexibility index (Phi) is 7.51. The number of thioether (sulfide) groups is 2. The van der Waals surface area contributed by atoms with Gasteiger partial charge >= 0.3 is 5.97 Å². The number of amides is 2. The van der Waals surface area contributed by atoms with Crippen molar-refractivity contribution in [1.82, 2.24) is 20.4 Å². The Labute approximate surface area is 213 Å². The molecule has 2 amide bonds. The van der Waals surface area contributed by atoms with Crippen LogP contribution in [0.25, 0.3) is 0 Å². The van der Waals surface area contributed by atoms with E-state index in [1.165, 1.54) is 51.9 Å². The fourth-order valence-electron chi connectivity index (χ4n) is 3.65. The number of rotatable bonds is 9. The maximum Gasteiger partial charge on any atom is 0.352 e. The van der Waals surface area contributed by atoms with Gasteiger partial charge in [-0.25, -0.2) is 4.79 Å². The lowest BCUT2D eigenvalue weighted by Crippen LogP contribution is -2.70. The lowest BCUT2D eigenvalue weighted by molar-refractivity contribution is -0.150. The molecule has 1 aromatic carbocycles. The number of aromatic nitrogens is 2. The number of carbonyl (C=O) groups excluding carboxylic acids is 2. The summed E-state index contributed by atoms with van der Waals surface area (Å²) in [7, 11) is -4.15. The Bertz CT molecular complexity index is 1310. The number of hydrogen-bond donors (Lipinski definition) is 3. The number of carboxylic acids is 1. The number of β-lactam (4-membered cyclic amide) rings is 1. The van der Waals surface area contributed by atoms with Crippen LogP contribution in [0.4, 0.5) is 0 Å². The van der Waals surface area contributed by atoms with Crippen molar-refractivity contribution in [2.75, 3.05) is 11.5 Å². The minimum Gasteiger partial charge on any atom is -0.477 e. The van der Waals surface area contributed by atoms with Crippen molar-refractivity contribution < 1.29 is 32.5 Å². The van der Waals surface area contributed by atoms with Crippen molar-refractivity contribution in [3.05, 3.63) is 51.7 Å². The summed E-state index contributed by atoms with van der Waals surface area (Å²) in [4.78, 5) is 38.5. The van der Waals surface area contributed by atoms with E-state index in [4.69, 9.17) is 4.55 Å². The van der Waals surface area contributed by atoms with Crippen LogP contribution in [0.15, 0.2) is 39.9 Å². The van der Waals surface area contributed by atoms with E-state index < -0.39 is 45.1 Å². The average Bonchev–Trinajstić information content (AvgIpc) is 3.20. The Balaban J connectivity index is 1.38. The van der Waals surface area contributed by atoms with Crippen LogP contribution in [0.5, 0.6) is 0 Å². The molecule has 0 spiro atoms. The Morgan fingerprint density at radius 1 is 1.23 bits per heavy atom. The second kappa shape index (κ2) is 10.3. The molecular formula is C20H20N4O7S4. The third-order valence-corrected chi connectivity index (χ3v) is 9.28. The second-order valence-corrected chi connectivity index (χ2v) is 12.8. The van der Waals surface area contributed by atoms with Gasteiger partial charge in [0.15, 0.2) is 4.34 Å². The molecule has 1 aromatic heterocycles. The number of aliphatic carboxylic acids is 1. The summed E-state index contributed by atoms with van der Waals surface area (Å²) in [5.41, 5.74) is 1.54. The van der Waals surface area contributed by atoms with Crippen molar-refractivity contribution in [3.63, 3.8) is 0 Å². The molecule has 2 aliphatic rings. The zero-order valence-electron chi connectivity index (χ0n) is 18.2. The molecule has 2 atom stereocenters. The van der Waals surface area contributed by atoms with Gasteiger partial charge in [-0.05, 0) is 23.6 Å². The van der Waals surface area contributed by atoms with E-state index in [0.717, 1.165) is 9.35 Å². The minimum absolute atomic E-state index is 0.0435. The smallest absolute Gasteiger partial charge is 0.352 e. The summed E-state index contributed by atoms with van der Waals surface area (Å²) in [6, 6.07) is 5.30. The van der Waals surface area contributed by atoms with Gasteiger partial charge < -0.3 is 10.4 Å². The molecule has 3 N–H and O–H groups in total. The van der Waals surface area contributed by atoms with Crippen LogP contribution in [0.2, 0.25) is 0 Å². The Hall–Kier alpha value is -2.46. The first-order valence-corrected chi connectivity index (χ1v) is 14.6. The van der Waals surface area contributed by atoms with E-state index in [1.807, 2.05) is 6.92 Å². The van der Waals surface area contributed by atoms with Gasteiger partial charge in [-0.3, -0.25) is 19.0 Å². The van der Waals surface area contributed by atoms with Crippen LogP contribution in [0, 0.1) is 6.92 Å². The lowest BCUT2D eigenvalue weighted by Gasteiger charge is -2.49. The fraction of sp³-hybridized carbons (Fsp3) is 0.350. The zero-order valence-corrected chi connectivity index (χ0v) is 21.5. The fourth-order valence-corrected chi connectivity index (χ4v) is 7.57. The molecule has 11 nitrogen and oxygen atoms in total. The predicted molar refractivity (Wildman–Crippen MR) is 130 cm³/mol. The molecule has 1 saturated heterocycles. The van der Waals surface area contributed by atoms with Gasteiger partial charge in [-0.15, -0.1) is 22.0 Å². The molecule has 4 rings (SSSR count). The minimum atomic E-state index is -4.15. The molecule has 1 fully saturated rings. The third-order valence-electron chi connectivity index (χ3n) is 5.18. The van der Waals surface area contributed by atoms with E-state index in [-0.39, 0.29) is 12.1 Å². The van der Waals surface area contributed by atoms with E-state index in [2.05, 4.69) is 15.5 Å². The summed E-state index contributed by atoms with van der Waals surface area (Å²) in [5, 5.41) is 20.7. The molecule has 2 aromatic rings. The summed E-state index contributed by atoms with van der Waals surface area (Å²) < 4.78 is 31.6. The summed E-state index contributed by atoms with van der Waals surface area (Å²) >= 11 is 4.17. The number of carboxylic acid groups (broad SMARTS) is 1. The molecule has 0 bridgehead atoms. The topological polar surface area (TPSA) is 167 Å². The highest BCUT2D eigenvalue weighted by Crippen LogP contribution is 2.41. The number of nitrogens with zero attached hydrogens (tertiary/aromatic N) is 3. The molecule has 0 saturated carbocycles. The standard InChI is InChI=1S/C20H20N4O7S4/c1-10-22-23-20(34-10)33-8-13-7-32-18-15(17(26)24(18)16(13)19(27)28)21-14(25)6-11-2-4-12(5-3-11)9-35(29,30)31/h2-5,15,18H,6-9H2,1H3,(H,21,25)(H,27,28)(H,29,30,31). The number of fused-ring (bicyclic) bond motifs is 1. The van der Waals surface area contributed by atoms with Crippen LogP contribution in [-0.2, 0) is 36.7 Å². The molecule has 2 aliphatic heterocycles. The lowest BCUT2D eigenvalue weighted by atomic mass is 10.0. The molecule has 0 radical (unpaired) electrons. The number of hydrogen-bond acceptors (Lipinski definition) is 10. The number of aryl methyl sites for hydroxylation is 1. The van der Waals surface area contributed by atoms with Crippen molar-refractivity contribution in [2.45, 2.75) is 34.9 Å². The Morgan fingerprint density at radius 3 is 2.51 bits per heavy atom. The number of carbonyl (C=O) groups is 3. The first kappa shape index (κ1) is 25.6. The average molecular weight is 557 g/mol. The van der Waals surface area contributed by atoms with Gasteiger partial charge in [-0.2, -0.15) is 8.42 Å². The molecule has 3 heterocycles. The summed E-state index contributed by atoms with van der Waals surface area (Å²) in [6.45, 7) is 1.83. The van der Waals surface area contributed by atoms with E-state index in [1.54, 1.807) is 12.1 Å². The van der Waals surface area contributed by atoms with Crippen LogP contribution < -0.4 is 5.32 Å². The monoisotopic (exact) mass is 556 g/mol. The van der Waals surface area contributed by atoms with Gasteiger partial charge in [-0.1, -0.05) is 47.4 Å². The summed E-state index contributed by atoms with van der Waals surface area (Å²) in [6.07, 6.45) is -0.0435. The largest absolute Gasteiger partial charge is 0.477 e. The van der Waals surface area contributed by atoms with Crippen molar-refractivity contribution in [2.24, 2.45) is 0 Å². The molecule has 0 aliphatic carbocycles. The number of benzene rings is 1. The first-order valence-electron chi connectivity index (χ1n) is 10.2. The van der Waals surface area contributed by atoms with Gasteiger partial charge in [0.2, 0.25) is 5.91 Å².